The fraction of sp³-hybridized carbons (Fsp3) is 0.429. The third kappa shape index (κ3) is 4.69. The summed E-state index contributed by atoms with van der Waals surface area (Å²) in [6.45, 7) is 11.3. The second-order valence-electron chi connectivity index (χ2n) is 10.8. The number of benzene rings is 2. The predicted molar refractivity (Wildman–Crippen MR) is 139 cm³/mol. The summed E-state index contributed by atoms with van der Waals surface area (Å²) < 4.78 is 7.36. The Morgan fingerprint density at radius 1 is 1.14 bits per heavy atom. The predicted octanol–water partition coefficient (Wildman–Crippen LogP) is 6.22. The van der Waals surface area contributed by atoms with E-state index in [0.717, 1.165) is 42.0 Å². The fourth-order valence-corrected chi connectivity index (χ4v) is 5.29. The van der Waals surface area contributed by atoms with Gasteiger partial charge in [-0.2, -0.15) is 0 Å². The first kappa shape index (κ1) is 23.9. The van der Waals surface area contributed by atoms with Crippen LogP contribution in [0.25, 0.3) is 22.2 Å². The summed E-state index contributed by atoms with van der Waals surface area (Å²) in [4.78, 5) is 28.6. The topological polar surface area (TPSA) is 63.6 Å². The van der Waals surface area contributed by atoms with Crippen molar-refractivity contribution in [2.24, 2.45) is 5.92 Å². The number of rotatable bonds is 3. The largest absolute Gasteiger partial charge is 0.443 e. The van der Waals surface area contributed by atoms with Crippen LogP contribution in [-0.4, -0.2) is 40.2 Å². The SMILES string of the molecule is CC1CCN(Cc2ccc3c(c2)cc(-c2ccc(Cl)c4c2C(=O)NC4)n3C(=O)OC(C)(C)C)CC1. The minimum absolute atomic E-state index is 0.182. The molecule has 0 unspecified atom stereocenters. The Morgan fingerprint density at radius 3 is 2.60 bits per heavy atom. The van der Waals surface area contributed by atoms with Crippen molar-refractivity contribution in [1.29, 1.82) is 0 Å². The van der Waals surface area contributed by atoms with E-state index in [1.807, 2.05) is 39.0 Å². The van der Waals surface area contributed by atoms with Crippen molar-refractivity contribution in [3.8, 4) is 11.3 Å². The highest BCUT2D eigenvalue weighted by molar-refractivity contribution is 6.32. The molecule has 0 radical (unpaired) electrons. The summed E-state index contributed by atoms with van der Waals surface area (Å²) >= 11 is 6.39. The molecule has 3 heterocycles. The molecule has 0 atom stereocenters. The maximum atomic E-state index is 13.4. The number of piperidine rings is 1. The maximum Gasteiger partial charge on any atom is 0.419 e. The van der Waals surface area contributed by atoms with E-state index in [-0.39, 0.29) is 5.91 Å². The molecule has 5 rings (SSSR count). The zero-order valence-corrected chi connectivity index (χ0v) is 21.5. The van der Waals surface area contributed by atoms with Gasteiger partial charge in [-0.1, -0.05) is 30.7 Å². The van der Waals surface area contributed by atoms with Crippen molar-refractivity contribution in [3.63, 3.8) is 0 Å². The van der Waals surface area contributed by atoms with E-state index in [4.69, 9.17) is 16.3 Å². The van der Waals surface area contributed by atoms with E-state index in [0.29, 0.717) is 28.4 Å². The van der Waals surface area contributed by atoms with Crippen LogP contribution in [0.1, 0.15) is 62.0 Å². The number of halogens is 1. The van der Waals surface area contributed by atoms with Crippen molar-refractivity contribution < 1.29 is 14.3 Å². The van der Waals surface area contributed by atoms with Crippen molar-refractivity contribution in [1.82, 2.24) is 14.8 Å². The van der Waals surface area contributed by atoms with E-state index in [9.17, 15) is 9.59 Å². The van der Waals surface area contributed by atoms with Crippen LogP contribution < -0.4 is 5.32 Å². The van der Waals surface area contributed by atoms with Gasteiger partial charge in [0.15, 0.2) is 0 Å². The van der Waals surface area contributed by atoms with Gasteiger partial charge in [0.05, 0.1) is 16.8 Å². The van der Waals surface area contributed by atoms with Crippen molar-refractivity contribution in [3.05, 3.63) is 58.1 Å². The lowest BCUT2D eigenvalue weighted by Gasteiger charge is -2.30. The first-order chi connectivity index (χ1) is 16.6. The fourth-order valence-electron chi connectivity index (χ4n) is 5.07. The van der Waals surface area contributed by atoms with Crippen LogP contribution in [-0.2, 0) is 17.8 Å². The Kier molecular flexibility index (Phi) is 6.14. The molecule has 0 bridgehead atoms. The number of carbonyl (C=O) groups is 2. The quantitative estimate of drug-likeness (QED) is 0.470. The molecule has 3 aromatic rings. The third-order valence-corrected chi connectivity index (χ3v) is 7.26. The van der Waals surface area contributed by atoms with E-state index in [1.165, 1.54) is 18.4 Å². The molecule has 0 aliphatic carbocycles. The van der Waals surface area contributed by atoms with Crippen molar-refractivity contribution in [2.75, 3.05) is 13.1 Å². The summed E-state index contributed by atoms with van der Waals surface area (Å²) in [6, 6.07) is 11.8. The van der Waals surface area contributed by atoms with Gasteiger partial charge in [-0.05, 0) is 82.4 Å². The average Bonchev–Trinajstić information content (AvgIpc) is 3.36. The first-order valence-corrected chi connectivity index (χ1v) is 12.7. The zero-order chi connectivity index (χ0) is 24.9. The number of ether oxygens (including phenoxy) is 1. The van der Waals surface area contributed by atoms with Crippen LogP contribution in [0.4, 0.5) is 4.79 Å². The Morgan fingerprint density at radius 2 is 1.89 bits per heavy atom. The second-order valence-corrected chi connectivity index (χ2v) is 11.2. The summed E-state index contributed by atoms with van der Waals surface area (Å²) in [5, 5.41) is 4.34. The van der Waals surface area contributed by atoms with Gasteiger partial charge < -0.3 is 10.1 Å². The Bertz CT molecular complexity index is 1310. The van der Waals surface area contributed by atoms with Crippen LogP contribution in [0.5, 0.6) is 0 Å². The highest BCUT2D eigenvalue weighted by Crippen LogP contribution is 2.37. The molecule has 2 aliphatic rings. The van der Waals surface area contributed by atoms with Crippen molar-refractivity contribution >= 4 is 34.5 Å². The van der Waals surface area contributed by atoms with Crippen LogP contribution >= 0.6 is 11.6 Å². The standard InChI is InChI=1S/C28H32ClN3O3/c1-17-9-11-31(12-10-17)16-18-5-8-23-19(13-18)14-24(32(23)27(34)35-28(2,3)4)20-6-7-22(29)21-15-30-26(33)25(20)21/h5-8,13-14,17H,9-12,15-16H2,1-4H3,(H,30,33). The summed E-state index contributed by atoms with van der Waals surface area (Å²) in [7, 11) is 0. The summed E-state index contributed by atoms with van der Waals surface area (Å²) in [5.41, 5.74) is 3.89. The van der Waals surface area contributed by atoms with Crippen LogP contribution in [0.2, 0.25) is 5.02 Å². The van der Waals surface area contributed by atoms with Gasteiger partial charge in [-0.25, -0.2) is 9.36 Å². The Balaban J connectivity index is 1.61. The monoisotopic (exact) mass is 493 g/mol. The van der Waals surface area contributed by atoms with Crippen molar-refractivity contribution in [2.45, 2.75) is 59.2 Å². The molecule has 7 heteroatoms. The lowest BCUT2D eigenvalue weighted by atomic mass is 9.98. The van der Waals surface area contributed by atoms with Gasteiger partial charge in [-0.15, -0.1) is 0 Å². The van der Waals surface area contributed by atoms with Crippen LogP contribution in [0, 0.1) is 5.92 Å². The van der Waals surface area contributed by atoms with Gasteiger partial charge in [0.25, 0.3) is 5.91 Å². The second kappa shape index (κ2) is 8.99. The highest BCUT2D eigenvalue weighted by atomic mass is 35.5. The number of amides is 1. The number of nitrogens with one attached hydrogen (secondary N) is 1. The number of aromatic nitrogens is 1. The molecular weight excluding hydrogens is 462 g/mol. The molecule has 1 N–H and O–H groups in total. The molecule has 1 fully saturated rings. The number of nitrogens with zero attached hydrogens (tertiary/aromatic N) is 2. The van der Waals surface area contributed by atoms with Gasteiger partial charge in [0, 0.05) is 34.6 Å². The van der Waals surface area contributed by atoms with Crippen LogP contribution in [0.15, 0.2) is 36.4 Å². The van der Waals surface area contributed by atoms with Gasteiger partial charge in [0.2, 0.25) is 0 Å². The lowest BCUT2D eigenvalue weighted by Crippen LogP contribution is -2.32. The minimum Gasteiger partial charge on any atom is -0.443 e. The Hall–Kier alpha value is -2.83. The lowest BCUT2D eigenvalue weighted by molar-refractivity contribution is 0.0547. The number of hydrogen-bond acceptors (Lipinski definition) is 4. The Labute approximate surface area is 211 Å². The van der Waals surface area contributed by atoms with E-state index in [2.05, 4.69) is 29.3 Å². The number of carbonyl (C=O) groups excluding carboxylic acids is 2. The van der Waals surface area contributed by atoms with E-state index in [1.54, 1.807) is 10.6 Å². The average molecular weight is 494 g/mol. The molecule has 1 amide bonds. The number of likely N-dealkylation sites (tertiary alicyclic amines) is 1. The molecule has 35 heavy (non-hydrogen) atoms. The van der Waals surface area contributed by atoms with Gasteiger partial charge in [0.1, 0.15) is 5.60 Å². The third-order valence-electron chi connectivity index (χ3n) is 6.91. The van der Waals surface area contributed by atoms with Crippen LogP contribution in [0.3, 0.4) is 0 Å². The minimum atomic E-state index is -0.657. The molecule has 2 aliphatic heterocycles. The molecule has 0 spiro atoms. The first-order valence-electron chi connectivity index (χ1n) is 12.3. The van der Waals surface area contributed by atoms with E-state index < -0.39 is 11.7 Å². The molecule has 2 aromatic carbocycles. The smallest absolute Gasteiger partial charge is 0.419 e. The molecule has 6 nitrogen and oxygen atoms in total. The highest BCUT2D eigenvalue weighted by Gasteiger charge is 2.30. The molecular formula is C28H32ClN3O3. The summed E-state index contributed by atoms with van der Waals surface area (Å²) in [6.07, 6.45) is 1.98. The number of fused-ring (bicyclic) bond motifs is 2. The maximum absolute atomic E-state index is 13.4. The normalized spacial score (nSPS) is 17.0. The summed E-state index contributed by atoms with van der Waals surface area (Å²) in [5.74, 6) is 0.607. The van der Waals surface area contributed by atoms with Gasteiger partial charge in [-0.3, -0.25) is 9.69 Å². The molecule has 1 aromatic heterocycles. The van der Waals surface area contributed by atoms with E-state index >= 15 is 0 Å². The van der Waals surface area contributed by atoms with Gasteiger partial charge >= 0.3 is 6.09 Å². The molecule has 0 saturated carbocycles. The molecule has 1 saturated heterocycles. The zero-order valence-electron chi connectivity index (χ0n) is 20.8. The molecule has 184 valence electrons. The number of hydrogen-bond donors (Lipinski definition) is 1.